The minimum absolute atomic E-state index is 0.192. The van der Waals surface area contributed by atoms with Gasteiger partial charge in [-0.15, -0.1) is 5.10 Å². The Morgan fingerprint density at radius 2 is 1.71 bits per heavy atom. The van der Waals surface area contributed by atoms with Gasteiger partial charge in [-0.25, -0.2) is 4.68 Å². The van der Waals surface area contributed by atoms with E-state index in [9.17, 15) is 14.4 Å². The predicted molar refractivity (Wildman–Crippen MR) is 158 cm³/mol. The Bertz CT molecular complexity index is 1760. The second-order valence-corrected chi connectivity index (χ2v) is 10.7. The van der Waals surface area contributed by atoms with E-state index in [1.165, 1.54) is 16.5 Å². The van der Waals surface area contributed by atoms with E-state index in [2.05, 4.69) is 20.6 Å². The molecule has 0 aliphatic carbocycles. The highest BCUT2D eigenvalue weighted by molar-refractivity contribution is 6.08. The van der Waals surface area contributed by atoms with Crippen LogP contribution in [0.5, 0.6) is 0 Å². The molecule has 5 aromatic rings. The van der Waals surface area contributed by atoms with Crippen molar-refractivity contribution >= 4 is 45.2 Å². The minimum atomic E-state index is -1.09. The number of hydrogen-bond acceptors (Lipinski definition) is 6. The van der Waals surface area contributed by atoms with E-state index < -0.39 is 17.5 Å². The molecule has 0 aliphatic rings. The van der Waals surface area contributed by atoms with Gasteiger partial charge in [0.05, 0.1) is 16.7 Å². The lowest BCUT2D eigenvalue weighted by Crippen LogP contribution is -2.51. The number of carbonyl (C=O) groups is 3. The molecule has 0 radical (unpaired) electrons. The van der Waals surface area contributed by atoms with E-state index in [0.717, 1.165) is 10.9 Å². The van der Waals surface area contributed by atoms with Crippen LogP contribution in [0.2, 0.25) is 0 Å². The van der Waals surface area contributed by atoms with Crippen LogP contribution in [-0.2, 0) is 16.1 Å². The largest absolute Gasteiger partial charge is 0.349 e. The molecule has 208 valence electrons. The van der Waals surface area contributed by atoms with Crippen LogP contribution in [0, 0.1) is 0 Å². The van der Waals surface area contributed by atoms with Crippen molar-refractivity contribution in [1.82, 2.24) is 25.3 Å². The van der Waals surface area contributed by atoms with Crippen LogP contribution in [-0.4, -0.2) is 43.1 Å². The molecular formula is C32H32N6O3. The molecule has 0 bridgehead atoms. The maximum atomic E-state index is 14.4. The Kier molecular flexibility index (Phi) is 7.61. The van der Waals surface area contributed by atoms with Crippen molar-refractivity contribution in [2.24, 2.45) is 0 Å². The van der Waals surface area contributed by atoms with Gasteiger partial charge < -0.3 is 5.32 Å². The van der Waals surface area contributed by atoms with E-state index in [1.807, 2.05) is 69.3 Å². The lowest BCUT2D eigenvalue weighted by molar-refractivity contribution is -0.128. The summed E-state index contributed by atoms with van der Waals surface area (Å²) in [6.45, 7) is 7.11. The van der Waals surface area contributed by atoms with E-state index in [4.69, 9.17) is 0 Å². The standard InChI is InChI=1S/C32H32N6O3/c1-5-32(3,4)34-31(41)30(23-16-17-25-22(19-23)11-10-18-33-25)38(27-14-8-6-12-24(27)21(2)39)29(40)20-37-28-15-9-7-13-26(28)35-36-37/h6-19,30H,5,20H2,1-4H3,(H,34,41)/t30-/m0/s1. The maximum Gasteiger partial charge on any atom is 0.249 e. The fourth-order valence-electron chi connectivity index (χ4n) is 4.81. The summed E-state index contributed by atoms with van der Waals surface area (Å²) in [7, 11) is 0. The zero-order valence-corrected chi connectivity index (χ0v) is 23.5. The molecule has 41 heavy (non-hydrogen) atoms. The Balaban J connectivity index is 1.70. The number of fused-ring (bicyclic) bond motifs is 2. The van der Waals surface area contributed by atoms with Crippen LogP contribution < -0.4 is 10.2 Å². The lowest BCUT2D eigenvalue weighted by atomic mass is 9.96. The molecule has 0 unspecified atom stereocenters. The number of nitrogens with zero attached hydrogens (tertiary/aromatic N) is 5. The Morgan fingerprint density at radius 3 is 2.49 bits per heavy atom. The Hall–Kier alpha value is -4.92. The number of pyridine rings is 1. The van der Waals surface area contributed by atoms with E-state index in [1.54, 1.807) is 36.5 Å². The summed E-state index contributed by atoms with van der Waals surface area (Å²) in [4.78, 5) is 47.2. The second kappa shape index (κ2) is 11.3. The van der Waals surface area contributed by atoms with Gasteiger partial charge in [0.2, 0.25) is 11.8 Å². The molecule has 2 heterocycles. The van der Waals surface area contributed by atoms with Crippen molar-refractivity contribution < 1.29 is 14.4 Å². The summed E-state index contributed by atoms with van der Waals surface area (Å²) in [6.07, 6.45) is 2.38. The number of nitrogens with one attached hydrogen (secondary N) is 1. The predicted octanol–water partition coefficient (Wildman–Crippen LogP) is 5.26. The number of carbonyl (C=O) groups excluding carboxylic acids is 3. The van der Waals surface area contributed by atoms with Crippen molar-refractivity contribution in [1.29, 1.82) is 0 Å². The third-order valence-electron chi connectivity index (χ3n) is 7.31. The van der Waals surface area contributed by atoms with Crippen LogP contribution in [0.1, 0.15) is 56.1 Å². The van der Waals surface area contributed by atoms with Gasteiger partial charge in [0, 0.05) is 22.7 Å². The summed E-state index contributed by atoms with van der Waals surface area (Å²) < 4.78 is 1.51. The zero-order chi connectivity index (χ0) is 29.1. The number of aromatic nitrogens is 4. The number of benzene rings is 3. The summed E-state index contributed by atoms with van der Waals surface area (Å²) in [5.74, 6) is -1.01. The lowest BCUT2D eigenvalue weighted by Gasteiger charge is -2.35. The molecule has 9 nitrogen and oxygen atoms in total. The summed E-state index contributed by atoms with van der Waals surface area (Å²) >= 11 is 0. The molecule has 3 aromatic carbocycles. The second-order valence-electron chi connectivity index (χ2n) is 10.7. The van der Waals surface area contributed by atoms with Crippen LogP contribution >= 0.6 is 0 Å². The molecule has 0 aliphatic heterocycles. The normalized spacial score (nSPS) is 12.3. The Morgan fingerprint density at radius 1 is 0.951 bits per heavy atom. The van der Waals surface area contributed by atoms with Gasteiger partial charge in [-0.1, -0.05) is 48.5 Å². The van der Waals surface area contributed by atoms with Crippen LogP contribution in [0.4, 0.5) is 5.69 Å². The minimum Gasteiger partial charge on any atom is -0.349 e. The monoisotopic (exact) mass is 548 g/mol. The fraction of sp³-hybridized carbons (Fsp3) is 0.250. The summed E-state index contributed by atoms with van der Waals surface area (Å²) in [5.41, 5.74) is 2.83. The number of hydrogen-bond donors (Lipinski definition) is 1. The molecule has 1 atom stereocenters. The van der Waals surface area contributed by atoms with Crippen LogP contribution in [0.15, 0.2) is 85.1 Å². The number of rotatable bonds is 9. The van der Waals surface area contributed by atoms with E-state index in [0.29, 0.717) is 34.3 Å². The Labute approximate surface area is 238 Å². The number of para-hydroxylation sites is 2. The average Bonchev–Trinajstić information content (AvgIpc) is 3.37. The van der Waals surface area contributed by atoms with Crippen molar-refractivity contribution in [3.05, 3.63) is 96.2 Å². The first-order valence-corrected chi connectivity index (χ1v) is 13.6. The molecule has 2 amide bonds. The van der Waals surface area contributed by atoms with Crippen molar-refractivity contribution in [2.75, 3.05) is 4.90 Å². The molecule has 1 N–H and O–H groups in total. The average molecular weight is 549 g/mol. The number of ketones is 1. The topological polar surface area (TPSA) is 110 Å². The highest BCUT2D eigenvalue weighted by atomic mass is 16.2. The smallest absolute Gasteiger partial charge is 0.249 e. The van der Waals surface area contributed by atoms with Gasteiger partial charge in [-0.3, -0.25) is 24.3 Å². The first kappa shape index (κ1) is 27.6. The third kappa shape index (κ3) is 5.70. The molecule has 0 saturated heterocycles. The van der Waals surface area contributed by atoms with Crippen molar-refractivity contribution in [3.63, 3.8) is 0 Å². The number of anilines is 1. The van der Waals surface area contributed by atoms with Crippen LogP contribution in [0.25, 0.3) is 21.9 Å². The first-order chi connectivity index (χ1) is 19.7. The molecule has 2 aromatic heterocycles. The van der Waals surface area contributed by atoms with Gasteiger partial charge >= 0.3 is 0 Å². The van der Waals surface area contributed by atoms with Crippen molar-refractivity contribution in [2.45, 2.75) is 52.2 Å². The van der Waals surface area contributed by atoms with Gasteiger partial charge in [0.25, 0.3) is 0 Å². The summed E-state index contributed by atoms with van der Waals surface area (Å²) in [6, 6.07) is 22.4. The summed E-state index contributed by atoms with van der Waals surface area (Å²) in [5, 5.41) is 12.3. The quantitative estimate of drug-likeness (QED) is 0.252. The SMILES string of the molecule is CCC(C)(C)NC(=O)[C@H](c1ccc2ncccc2c1)N(C(=O)Cn1nnc2ccccc21)c1ccccc1C(C)=O. The molecular weight excluding hydrogens is 516 g/mol. The molecule has 0 spiro atoms. The molecule has 0 saturated carbocycles. The van der Waals surface area contributed by atoms with Crippen molar-refractivity contribution in [3.8, 4) is 0 Å². The molecule has 9 heteroatoms. The number of Topliss-reactive ketones (excluding diaryl/α,β-unsaturated/α-hetero) is 1. The highest BCUT2D eigenvalue weighted by Gasteiger charge is 2.36. The maximum absolute atomic E-state index is 14.4. The van der Waals surface area contributed by atoms with E-state index >= 15 is 0 Å². The van der Waals surface area contributed by atoms with Gasteiger partial charge in [0.15, 0.2) is 5.78 Å². The van der Waals surface area contributed by atoms with Gasteiger partial charge in [0.1, 0.15) is 18.1 Å². The van der Waals surface area contributed by atoms with Gasteiger partial charge in [-0.05, 0) is 75.2 Å². The first-order valence-electron chi connectivity index (χ1n) is 13.6. The fourth-order valence-corrected chi connectivity index (χ4v) is 4.81. The van der Waals surface area contributed by atoms with Gasteiger partial charge in [-0.2, -0.15) is 0 Å². The molecule has 0 fully saturated rings. The number of amides is 2. The molecule has 5 rings (SSSR count). The third-order valence-corrected chi connectivity index (χ3v) is 7.31. The van der Waals surface area contributed by atoms with E-state index in [-0.39, 0.29) is 18.2 Å². The highest BCUT2D eigenvalue weighted by Crippen LogP contribution is 2.33. The van der Waals surface area contributed by atoms with Crippen LogP contribution in [0.3, 0.4) is 0 Å². The zero-order valence-electron chi connectivity index (χ0n) is 23.5.